The van der Waals surface area contributed by atoms with Crippen LogP contribution in [0.1, 0.15) is 73.6 Å². The summed E-state index contributed by atoms with van der Waals surface area (Å²) in [4.78, 5) is 48.4. The number of rotatable bonds is 15. The minimum absolute atomic E-state index is 0.0300. The largest absolute Gasteiger partial charge is 0.394 e. The fourth-order valence-electron chi connectivity index (χ4n) is 7.39. The van der Waals surface area contributed by atoms with Crippen LogP contribution in [-0.4, -0.2) is 93.6 Å². The first-order valence-corrected chi connectivity index (χ1v) is 15.0. The number of ether oxygens (including phenoxy) is 1. The van der Waals surface area contributed by atoms with E-state index in [1.807, 2.05) is 27.7 Å². The van der Waals surface area contributed by atoms with Gasteiger partial charge in [0.1, 0.15) is 11.6 Å². The van der Waals surface area contributed by atoms with Crippen LogP contribution in [0.25, 0.3) is 0 Å². The zero-order chi connectivity index (χ0) is 29.1. The maximum atomic E-state index is 14.6. The molecule has 0 radical (unpaired) electrons. The lowest BCUT2D eigenvalue weighted by Crippen LogP contribution is -2.60. The summed E-state index contributed by atoms with van der Waals surface area (Å²) in [5.74, 6) is -2.09. The predicted octanol–water partition coefficient (Wildman–Crippen LogP) is 3.64. The number of aliphatic hydroxyl groups is 1. The van der Waals surface area contributed by atoms with E-state index in [-0.39, 0.29) is 36.2 Å². The van der Waals surface area contributed by atoms with E-state index >= 15 is 0 Å². The van der Waals surface area contributed by atoms with Crippen LogP contribution in [-0.2, 0) is 19.1 Å². The molecule has 3 aliphatic heterocycles. The Morgan fingerprint density at radius 2 is 1.74 bits per heavy atom. The molecule has 2 bridgehead atoms. The van der Waals surface area contributed by atoms with Crippen LogP contribution < -0.4 is 0 Å². The average Bonchev–Trinajstić information content (AvgIpc) is 3.42. The molecule has 3 aliphatic rings. The zero-order valence-corrected chi connectivity index (χ0v) is 25.0. The minimum atomic E-state index is -1.12. The van der Waals surface area contributed by atoms with E-state index in [1.165, 1.54) is 0 Å². The van der Waals surface area contributed by atoms with Crippen molar-refractivity contribution >= 4 is 17.7 Å². The van der Waals surface area contributed by atoms with E-state index in [2.05, 4.69) is 27.0 Å². The lowest BCUT2D eigenvalue weighted by atomic mass is 9.62. The summed E-state index contributed by atoms with van der Waals surface area (Å²) < 4.78 is 6.91. The van der Waals surface area contributed by atoms with E-state index in [1.54, 1.807) is 26.9 Å². The standard InChI is InChI=1S/C31H51N3O5/c1-9-14-18-33(17-12-4)29(38)26-31-19-22(7)30(8,39-31)24(27(36)32(15-10-2)16-11-3)25(31)28(37)34(26)23(20-35)21(6)13-5/h10,12,21-26,35H,2,4,9,11,13-20H2,1,3,5-8H3/t21-,22?,23-,24+,25-,26?,30-,31?/m0/s1. The van der Waals surface area contributed by atoms with E-state index in [0.717, 1.165) is 25.7 Å². The third-order valence-corrected chi connectivity index (χ3v) is 9.70. The Hall–Kier alpha value is -2.19. The van der Waals surface area contributed by atoms with E-state index in [9.17, 15) is 19.5 Å². The number of aliphatic hydroxyl groups excluding tert-OH is 1. The number of carbonyl (C=O) groups excluding carboxylic acids is 3. The Morgan fingerprint density at radius 3 is 2.26 bits per heavy atom. The van der Waals surface area contributed by atoms with E-state index < -0.39 is 35.1 Å². The van der Waals surface area contributed by atoms with Gasteiger partial charge in [-0.05, 0) is 38.0 Å². The summed E-state index contributed by atoms with van der Waals surface area (Å²) in [5.41, 5.74) is -1.99. The maximum Gasteiger partial charge on any atom is 0.248 e. The van der Waals surface area contributed by atoms with Crippen molar-refractivity contribution in [2.24, 2.45) is 23.7 Å². The third-order valence-electron chi connectivity index (χ3n) is 9.70. The highest BCUT2D eigenvalue weighted by molar-refractivity contribution is 5.99. The fourth-order valence-corrected chi connectivity index (χ4v) is 7.39. The number of fused-ring (bicyclic) bond motifs is 1. The summed E-state index contributed by atoms with van der Waals surface area (Å²) in [6.07, 6.45) is 7.21. The van der Waals surface area contributed by atoms with Crippen molar-refractivity contribution in [1.82, 2.24) is 14.7 Å². The molecule has 3 heterocycles. The van der Waals surface area contributed by atoms with Crippen molar-refractivity contribution in [3.05, 3.63) is 25.3 Å². The molecule has 8 nitrogen and oxygen atoms in total. The molecule has 0 aromatic rings. The highest BCUT2D eigenvalue weighted by Crippen LogP contribution is 2.66. The molecule has 8 heteroatoms. The Balaban J connectivity index is 2.19. The van der Waals surface area contributed by atoms with Gasteiger partial charge >= 0.3 is 0 Å². The SMILES string of the molecule is C=CCN(CCCC)C(=O)C1N([C@@H](CO)[C@@H](C)CC)C(=O)[C@@H]2[C@H](C(=O)N(CC=C)CCC)[C@@]3(C)OC12CC3C. The molecule has 3 amide bonds. The maximum absolute atomic E-state index is 14.6. The fraction of sp³-hybridized carbons (Fsp3) is 0.774. The molecule has 3 saturated heterocycles. The monoisotopic (exact) mass is 545 g/mol. The summed E-state index contributed by atoms with van der Waals surface area (Å²) in [6.45, 7) is 21.4. The molecule has 3 unspecified atom stereocenters. The molecule has 3 fully saturated rings. The first kappa shape index (κ1) is 31.3. The molecule has 1 N–H and O–H groups in total. The van der Waals surface area contributed by atoms with Crippen LogP contribution in [0.4, 0.5) is 0 Å². The van der Waals surface area contributed by atoms with Gasteiger partial charge in [0.25, 0.3) is 0 Å². The second kappa shape index (κ2) is 12.5. The van der Waals surface area contributed by atoms with Crippen LogP contribution in [0.5, 0.6) is 0 Å². The highest BCUT2D eigenvalue weighted by atomic mass is 16.5. The molecule has 39 heavy (non-hydrogen) atoms. The Kier molecular flexibility index (Phi) is 10.1. The number of carbonyl (C=O) groups is 3. The normalized spacial score (nSPS) is 32.6. The van der Waals surface area contributed by atoms with Gasteiger partial charge in [0, 0.05) is 26.2 Å². The molecule has 3 rings (SSSR count). The van der Waals surface area contributed by atoms with Crippen LogP contribution in [0.2, 0.25) is 0 Å². The van der Waals surface area contributed by atoms with Gasteiger partial charge in [-0.1, -0.05) is 59.6 Å². The van der Waals surface area contributed by atoms with E-state index in [4.69, 9.17) is 4.74 Å². The topological polar surface area (TPSA) is 90.4 Å². The summed E-state index contributed by atoms with van der Waals surface area (Å²) in [7, 11) is 0. The first-order chi connectivity index (χ1) is 18.5. The Labute approximate surface area is 235 Å². The lowest BCUT2D eigenvalue weighted by molar-refractivity contribution is -0.158. The molecule has 220 valence electrons. The van der Waals surface area contributed by atoms with Crippen molar-refractivity contribution in [3.8, 4) is 0 Å². The Morgan fingerprint density at radius 1 is 1.13 bits per heavy atom. The first-order valence-electron chi connectivity index (χ1n) is 15.0. The molecule has 0 saturated carbocycles. The highest BCUT2D eigenvalue weighted by Gasteiger charge is 2.80. The number of hydrogen-bond acceptors (Lipinski definition) is 5. The van der Waals surface area contributed by atoms with Gasteiger partial charge in [-0.25, -0.2) is 0 Å². The second-order valence-corrected chi connectivity index (χ2v) is 12.1. The predicted molar refractivity (Wildman–Crippen MR) is 153 cm³/mol. The molecule has 0 aromatic heterocycles. The molecule has 1 spiro atoms. The van der Waals surface area contributed by atoms with Crippen LogP contribution in [0.3, 0.4) is 0 Å². The Bertz CT molecular complexity index is 939. The third kappa shape index (κ3) is 5.08. The summed E-state index contributed by atoms with van der Waals surface area (Å²) in [6, 6.07) is -1.45. The smallest absolute Gasteiger partial charge is 0.248 e. The average molecular weight is 546 g/mol. The van der Waals surface area contributed by atoms with Crippen molar-refractivity contribution < 1.29 is 24.2 Å². The number of nitrogens with zero attached hydrogens (tertiary/aromatic N) is 3. The van der Waals surface area contributed by atoms with Gasteiger partial charge in [0.05, 0.1) is 30.1 Å². The molecular formula is C31H51N3O5. The number of likely N-dealkylation sites (tertiary alicyclic amines) is 1. The lowest BCUT2D eigenvalue weighted by Gasteiger charge is -2.41. The van der Waals surface area contributed by atoms with Crippen molar-refractivity contribution in [2.75, 3.05) is 32.8 Å². The summed E-state index contributed by atoms with van der Waals surface area (Å²) >= 11 is 0. The zero-order valence-electron chi connectivity index (χ0n) is 25.0. The van der Waals surface area contributed by atoms with E-state index in [0.29, 0.717) is 32.6 Å². The minimum Gasteiger partial charge on any atom is -0.394 e. The molecule has 0 aliphatic carbocycles. The van der Waals surface area contributed by atoms with Gasteiger partial charge < -0.3 is 24.5 Å². The van der Waals surface area contributed by atoms with Gasteiger partial charge in [-0.2, -0.15) is 0 Å². The van der Waals surface area contributed by atoms with Crippen LogP contribution >= 0.6 is 0 Å². The van der Waals surface area contributed by atoms with Gasteiger partial charge in [0.2, 0.25) is 17.7 Å². The molecule has 0 aromatic carbocycles. The quantitative estimate of drug-likeness (QED) is 0.317. The van der Waals surface area contributed by atoms with Crippen LogP contribution in [0.15, 0.2) is 25.3 Å². The van der Waals surface area contributed by atoms with Crippen molar-refractivity contribution in [3.63, 3.8) is 0 Å². The van der Waals surface area contributed by atoms with Crippen molar-refractivity contribution in [1.29, 1.82) is 0 Å². The van der Waals surface area contributed by atoms with Crippen LogP contribution in [0, 0.1) is 23.7 Å². The number of unbranched alkanes of at least 4 members (excludes halogenated alkanes) is 1. The summed E-state index contributed by atoms with van der Waals surface area (Å²) in [5, 5.41) is 10.6. The van der Waals surface area contributed by atoms with Gasteiger partial charge in [0.15, 0.2) is 0 Å². The van der Waals surface area contributed by atoms with Gasteiger partial charge in [-0.15, -0.1) is 13.2 Å². The van der Waals surface area contributed by atoms with Gasteiger partial charge in [-0.3, -0.25) is 14.4 Å². The number of hydrogen-bond donors (Lipinski definition) is 1. The molecular weight excluding hydrogens is 494 g/mol. The van der Waals surface area contributed by atoms with Crippen molar-refractivity contribution in [2.45, 2.75) is 96.9 Å². The second-order valence-electron chi connectivity index (χ2n) is 12.1. The number of amides is 3. The molecule has 8 atom stereocenters.